The number of fused-ring (bicyclic) bond motifs is 1. The summed E-state index contributed by atoms with van der Waals surface area (Å²) in [5.41, 5.74) is 4.46. The monoisotopic (exact) mass is 409 g/mol. The number of benzene rings is 3. The summed E-state index contributed by atoms with van der Waals surface area (Å²) in [6.45, 7) is 0.0463. The van der Waals surface area contributed by atoms with Crippen molar-refractivity contribution in [3.8, 4) is 22.6 Å². The largest absolute Gasteiger partial charge is 0.459 e. The van der Waals surface area contributed by atoms with Crippen molar-refractivity contribution >= 4 is 16.9 Å². The molecule has 0 spiro atoms. The maximum Gasteiger partial charge on any atom is 0.310 e. The van der Waals surface area contributed by atoms with Gasteiger partial charge in [-0.2, -0.15) is 0 Å². The van der Waals surface area contributed by atoms with Gasteiger partial charge in [0.1, 0.15) is 17.9 Å². The van der Waals surface area contributed by atoms with Gasteiger partial charge in [0.15, 0.2) is 5.76 Å². The number of hydrogen-bond donors (Lipinski definition) is 0. The number of furan rings is 1. The molecule has 5 heteroatoms. The number of hydrogen-bond acceptors (Lipinski definition) is 5. The number of carbonyl (C=O) groups is 1. The first kappa shape index (κ1) is 18.9. The lowest BCUT2D eigenvalue weighted by Gasteiger charge is -2.05. The molecular weight excluding hydrogens is 390 g/mol. The second-order valence-electron chi connectivity index (χ2n) is 7.23. The van der Waals surface area contributed by atoms with Gasteiger partial charge >= 0.3 is 5.97 Å². The van der Waals surface area contributed by atoms with Crippen molar-refractivity contribution in [2.24, 2.45) is 0 Å². The van der Waals surface area contributed by atoms with Crippen LogP contribution in [-0.4, -0.2) is 11.1 Å². The molecule has 0 N–H and O–H groups in total. The van der Waals surface area contributed by atoms with E-state index in [0.717, 1.165) is 27.7 Å². The minimum Gasteiger partial charge on any atom is -0.459 e. The molecule has 5 rings (SSSR count). The van der Waals surface area contributed by atoms with E-state index in [1.54, 1.807) is 6.07 Å². The topological polar surface area (TPSA) is 65.5 Å². The molecule has 0 radical (unpaired) electrons. The highest BCUT2D eigenvalue weighted by molar-refractivity contribution is 5.81. The van der Waals surface area contributed by atoms with E-state index in [4.69, 9.17) is 13.7 Å². The van der Waals surface area contributed by atoms with Gasteiger partial charge in [0, 0.05) is 11.5 Å². The van der Waals surface area contributed by atoms with Gasteiger partial charge < -0.3 is 13.7 Å². The summed E-state index contributed by atoms with van der Waals surface area (Å²) in [7, 11) is 0. The smallest absolute Gasteiger partial charge is 0.310 e. The van der Waals surface area contributed by atoms with E-state index in [-0.39, 0.29) is 19.0 Å². The fraction of sp³-hybridized carbons (Fsp3) is 0.0769. The van der Waals surface area contributed by atoms with Crippen molar-refractivity contribution in [2.45, 2.75) is 13.0 Å². The molecule has 0 aliphatic carbocycles. The zero-order valence-electron chi connectivity index (χ0n) is 16.7. The van der Waals surface area contributed by atoms with Gasteiger partial charge in [-0.15, -0.1) is 0 Å². The highest BCUT2D eigenvalue weighted by Crippen LogP contribution is 2.28. The van der Waals surface area contributed by atoms with E-state index in [2.05, 4.69) is 17.3 Å². The van der Waals surface area contributed by atoms with E-state index in [1.807, 2.05) is 72.8 Å². The Bertz CT molecular complexity index is 1280. The quantitative estimate of drug-likeness (QED) is 0.320. The zero-order valence-corrected chi connectivity index (χ0v) is 16.7. The first-order valence-corrected chi connectivity index (χ1v) is 9.99. The van der Waals surface area contributed by atoms with Gasteiger partial charge in [0.25, 0.3) is 0 Å². The third-order valence-corrected chi connectivity index (χ3v) is 5.02. The van der Waals surface area contributed by atoms with Crippen molar-refractivity contribution in [2.75, 3.05) is 0 Å². The lowest BCUT2D eigenvalue weighted by molar-refractivity contribution is -0.144. The molecule has 0 atom stereocenters. The molecule has 0 aliphatic heterocycles. The Morgan fingerprint density at radius 1 is 0.806 bits per heavy atom. The van der Waals surface area contributed by atoms with Gasteiger partial charge in [-0.25, -0.2) is 0 Å². The molecular formula is C26H19NO4. The van der Waals surface area contributed by atoms with Gasteiger partial charge in [-0.3, -0.25) is 4.79 Å². The fourth-order valence-corrected chi connectivity index (χ4v) is 3.42. The molecule has 0 bridgehead atoms. The summed E-state index contributed by atoms with van der Waals surface area (Å²) in [5, 5.41) is 4.96. The molecule has 0 fully saturated rings. The molecule has 5 nitrogen and oxygen atoms in total. The van der Waals surface area contributed by atoms with Crippen molar-refractivity contribution in [3.05, 3.63) is 102 Å². The SMILES string of the molecule is O=C(Cc1ccc(-c2ccccc2)cc1)OCc1cc(-c2cc3ccccc3o2)on1. The minimum absolute atomic E-state index is 0.0463. The molecule has 0 amide bonds. The first-order chi connectivity index (χ1) is 15.2. The summed E-state index contributed by atoms with van der Waals surface area (Å²) in [6, 6.07) is 29.3. The van der Waals surface area contributed by atoms with Gasteiger partial charge in [-0.05, 0) is 28.8 Å². The average molecular weight is 409 g/mol. The Morgan fingerprint density at radius 3 is 2.35 bits per heavy atom. The van der Waals surface area contributed by atoms with Gasteiger partial charge in [0.05, 0.1) is 6.42 Å². The first-order valence-electron chi connectivity index (χ1n) is 9.99. The van der Waals surface area contributed by atoms with Crippen LogP contribution in [0.3, 0.4) is 0 Å². The molecule has 0 unspecified atom stereocenters. The van der Waals surface area contributed by atoms with Crippen molar-refractivity contribution < 1.29 is 18.5 Å². The third kappa shape index (κ3) is 4.26. The summed E-state index contributed by atoms with van der Waals surface area (Å²) >= 11 is 0. The normalized spacial score (nSPS) is 11.0. The van der Waals surface area contributed by atoms with Crippen molar-refractivity contribution in [3.63, 3.8) is 0 Å². The summed E-state index contributed by atoms with van der Waals surface area (Å²) in [6.07, 6.45) is 0.198. The van der Waals surface area contributed by atoms with Crippen molar-refractivity contribution in [1.29, 1.82) is 0 Å². The van der Waals surface area contributed by atoms with Crippen LogP contribution in [0.1, 0.15) is 11.3 Å². The Morgan fingerprint density at radius 2 is 1.55 bits per heavy atom. The fourth-order valence-electron chi connectivity index (χ4n) is 3.42. The van der Waals surface area contributed by atoms with E-state index in [1.165, 1.54) is 0 Å². The Kier molecular flexibility index (Phi) is 5.07. The van der Waals surface area contributed by atoms with Crippen LogP contribution in [0.2, 0.25) is 0 Å². The summed E-state index contributed by atoms with van der Waals surface area (Å²) in [5.74, 6) is 0.768. The molecule has 2 aromatic heterocycles. The predicted molar refractivity (Wildman–Crippen MR) is 117 cm³/mol. The molecule has 0 saturated heterocycles. The van der Waals surface area contributed by atoms with Crippen LogP contribution in [0.5, 0.6) is 0 Å². The average Bonchev–Trinajstić information content (AvgIpc) is 3.46. The van der Waals surface area contributed by atoms with Crippen LogP contribution in [0.25, 0.3) is 33.6 Å². The maximum atomic E-state index is 12.2. The minimum atomic E-state index is -0.319. The van der Waals surface area contributed by atoms with Crippen LogP contribution >= 0.6 is 0 Å². The van der Waals surface area contributed by atoms with Crippen LogP contribution in [0.4, 0.5) is 0 Å². The third-order valence-electron chi connectivity index (χ3n) is 5.02. The molecule has 31 heavy (non-hydrogen) atoms. The molecule has 0 aliphatic rings. The number of ether oxygens (including phenoxy) is 1. The van der Waals surface area contributed by atoms with E-state index < -0.39 is 0 Å². The van der Waals surface area contributed by atoms with Crippen molar-refractivity contribution in [1.82, 2.24) is 5.16 Å². The van der Waals surface area contributed by atoms with E-state index >= 15 is 0 Å². The maximum absolute atomic E-state index is 12.2. The predicted octanol–water partition coefficient (Wildman–Crippen LogP) is 6.04. The Hall–Kier alpha value is -4.12. The number of carbonyl (C=O) groups excluding carboxylic acids is 1. The van der Waals surface area contributed by atoms with Gasteiger partial charge in [0.2, 0.25) is 5.76 Å². The van der Waals surface area contributed by atoms with Crippen LogP contribution in [0, 0.1) is 0 Å². The van der Waals surface area contributed by atoms with Crippen LogP contribution < -0.4 is 0 Å². The summed E-state index contributed by atoms with van der Waals surface area (Å²) < 4.78 is 16.5. The molecule has 152 valence electrons. The second kappa shape index (κ2) is 8.32. The standard InChI is InChI=1S/C26H19NO4/c28-26(14-18-10-12-20(13-11-18)19-6-2-1-3-7-19)29-17-22-16-25(31-27-22)24-15-21-8-4-5-9-23(21)30-24/h1-13,15-16H,14,17H2. The Balaban J connectivity index is 1.18. The lowest BCUT2D eigenvalue weighted by atomic mass is 10.0. The molecule has 3 aromatic carbocycles. The summed E-state index contributed by atoms with van der Waals surface area (Å²) in [4.78, 5) is 12.2. The highest BCUT2D eigenvalue weighted by atomic mass is 16.5. The Labute approximate surface area is 178 Å². The number of rotatable bonds is 6. The van der Waals surface area contributed by atoms with E-state index in [0.29, 0.717) is 17.2 Å². The van der Waals surface area contributed by atoms with Gasteiger partial charge in [-0.1, -0.05) is 78.0 Å². The highest BCUT2D eigenvalue weighted by Gasteiger charge is 2.13. The number of nitrogens with zero attached hydrogens (tertiary/aromatic N) is 1. The second-order valence-corrected chi connectivity index (χ2v) is 7.23. The van der Waals surface area contributed by atoms with Crippen LogP contribution in [-0.2, 0) is 22.6 Å². The molecule has 2 heterocycles. The number of para-hydroxylation sites is 1. The number of esters is 1. The van der Waals surface area contributed by atoms with Crippen LogP contribution in [0.15, 0.2) is 99.9 Å². The molecule has 0 saturated carbocycles. The lowest BCUT2D eigenvalue weighted by Crippen LogP contribution is -2.08. The zero-order chi connectivity index (χ0) is 21.0. The molecule has 5 aromatic rings. The van der Waals surface area contributed by atoms with E-state index in [9.17, 15) is 4.79 Å². The number of aromatic nitrogens is 1.